The SMILES string of the molecule is CC.COCCCNC(=O)CCCCCNC(=O)C(CCCCNC(=O)CCCCO[C@@H]1OC(CO)[C@H](O)[C@H](O)C1NC(C)=O)NC(=O)C(CCCCNC(=O)CCCCO[C@@H]1OC(CO)[C@H](O)[C@H](O)C1NC(C)=O)NC(=O)CCCCO[C@@H]1OC(CO)[C@H](O)[C@H](O)C1NC(C)=O.COP(=O)(O)OCCCCCCN. The van der Waals surface area contributed by atoms with Gasteiger partial charge in [-0.1, -0.05) is 33.1 Å². The minimum Gasteiger partial charge on any atom is -0.394 e. The van der Waals surface area contributed by atoms with Gasteiger partial charge in [-0.15, -0.1) is 0 Å². The first-order chi connectivity index (χ1) is 52.6. The van der Waals surface area contributed by atoms with Gasteiger partial charge in [0.1, 0.15) is 85.1 Å². The van der Waals surface area contributed by atoms with Gasteiger partial charge < -0.3 is 138 Å². The quantitative estimate of drug-likeness (QED) is 0.0214. The van der Waals surface area contributed by atoms with E-state index in [0.29, 0.717) is 103 Å². The van der Waals surface area contributed by atoms with E-state index in [0.717, 1.165) is 32.8 Å². The summed E-state index contributed by atoms with van der Waals surface area (Å²) in [4.78, 5) is 124. The van der Waals surface area contributed by atoms with Gasteiger partial charge in [0.25, 0.3) is 0 Å². The van der Waals surface area contributed by atoms with Crippen LogP contribution in [0, 0.1) is 0 Å². The monoisotopic (exact) mass is 1610 g/mol. The van der Waals surface area contributed by atoms with Crippen molar-refractivity contribution in [1.82, 2.24) is 47.9 Å². The van der Waals surface area contributed by atoms with Crippen molar-refractivity contribution in [2.45, 2.75) is 293 Å². The lowest BCUT2D eigenvalue weighted by Gasteiger charge is -2.42. The molecule has 21 N–H and O–H groups in total. The molecule has 18 atom stereocenters. The van der Waals surface area contributed by atoms with Gasteiger partial charge in [-0.05, 0) is 116 Å². The van der Waals surface area contributed by atoms with E-state index < -0.39 is 167 Å². The molecule has 0 bridgehead atoms. The summed E-state index contributed by atoms with van der Waals surface area (Å²) >= 11 is 0. The highest BCUT2D eigenvalue weighted by Gasteiger charge is 2.48. The van der Waals surface area contributed by atoms with Crippen molar-refractivity contribution in [3.63, 3.8) is 0 Å². The predicted octanol–water partition coefficient (Wildman–Crippen LogP) is -2.95. The van der Waals surface area contributed by atoms with Gasteiger partial charge in [-0.2, -0.15) is 0 Å². The van der Waals surface area contributed by atoms with E-state index in [4.69, 9.17) is 43.8 Å². The molecule has 3 rings (SSSR count). The summed E-state index contributed by atoms with van der Waals surface area (Å²) in [6.45, 7) is 8.47. The van der Waals surface area contributed by atoms with Crippen molar-refractivity contribution in [2.75, 3.05) is 99.8 Å². The van der Waals surface area contributed by atoms with E-state index in [2.05, 4.69) is 56.9 Å². The van der Waals surface area contributed by atoms with Crippen molar-refractivity contribution < 1.29 is 141 Å². The minimum atomic E-state index is -3.75. The van der Waals surface area contributed by atoms with Crippen molar-refractivity contribution >= 4 is 61.0 Å². The molecule has 0 radical (unpaired) electrons. The Labute approximate surface area is 645 Å². The van der Waals surface area contributed by atoms with E-state index in [1.165, 1.54) is 20.8 Å². The number of rotatable bonds is 56. The van der Waals surface area contributed by atoms with E-state index in [1.54, 1.807) is 7.11 Å². The van der Waals surface area contributed by atoms with Crippen LogP contribution in [0.1, 0.15) is 189 Å². The summed E-state index contributed by atoms with van der Waals surface area (Å²) in [6, 6.07) is -5.64. The zero-order valence-electron chi connectivity index (χ0n) is 65.2. The summed E-state index contributed by atoms with van der Waals surface area (Å²) in [5, 5.41) is 116. The normalized spacial score (nSPS) is 24.7. The highest BCUT2D eigenvalue weighted by atomic mass is 31.2. The van der Waals surface area contributed by atoms with Gasteiger partial charge in [0, 0.05) is 113 Å². The lowest BCUT2D eigenvalue weighted by atomic mass is 9.97. The molecule has 0 aromatic carbocycles. The molecule has 0 aromatic rings. The number of phosphoric ester groups is 1. The lowest BCUT2D eigenvalue weighted by Crippen LogP contribution is -2.64. The molecule has 9 unspecified atom stereocenters. The summed E-state index contributed by atoms with van der Waals surface area (Å²) < 4.78 is 58.6. The van der Waals surface area contributed by atoms with E-state index in [-0.39, 0.29) is 109 Å². The van der Waals surface area contributed by atoms with Crippen molar-refractivity contribution in [3.05, 3.63) is 0 Å². The minimum absolute atomic E-state index is 0.0363. The molecule has 9 amide bonds. The number of unbranched alkanes of at least 4 members (excludes halogenated alkanes) is 10. The van der Waals surface area contributed by atoms with Crippen LogP contribution in [-0.2, 0) is 89.9 Å². The number of methoxy groups -OCH3 is 1. The van der Waals surface area contributed by atoms with Crippen molar-refractivity contribution in [3.8, 4) is 0 Å². The number of nitrogens with one attached hydrogen (secondary N) is 9. The largest absolute Gasteiger partial charge is 0.471 e. The molecule has 3 aliphatic heterocycles. The van der Waals surface area contributed by atoms with Gasteiger partial charge in [-0.3, -0.25) is 52.2 Å². The number of aliphatic hydroxyl groups excluding tert-OH is 9. The van der Waals surface area contributed by atoms with E-state index in [1.807, 2.05) is 13.8 Å². The molecule has 642 valence electrons. The molecule has 40 heteroatoms. The number of amides is 9. The maximum atomic E-state index is 14.3. The Kier molecular flexibility index (Phi) is 57.1. The van der Waals surface area contributed by atoms with Crippen LogP contribution in [0.5, 0.6) is 0 Å². The number of hydrogen-bond acceptors (Lipinski definition) is 29. The predicted molar refractivity (Wildman–Crippen MR) is 396 cm³/mol. The average Bonchev–Trinajstić information content (AvgIpc) is 0.821. The Morgan fingerprint density at radius 1 is 0.409 bits per heavy atom. The Balaban J connectivity index is 0.00000363. The number of carbonyl (C=O) groups is 9. The summed E-state index contributed by atoms with van der Waals surface area (Å²) in [6.07, 6.45) is -5.87. The first kappa shape index (κ1) is 103. The fourth-order valence-corrected chi connectivity index (χ4v) is 12.0. The van der Waals surface area contributed by atoms with Crippen molar-refractivity contribution in [2.24, 2.45) is 5.73 Å². The molecule has 0 aliphatic carbocycles. The number of nitrogens with two attached hydrogens (primary N) is 1. The average molecular weight is 1610 g/mol. The molecule has 0 aromatic heterocycles. The Morgan fingerprint density at radius 2 is 0.745 bits per heavy atom. The van der Waals surface area contributed by atoms with Gasteiger partial charge in [-0.25, -0.2) is 4.57 Å². The maximum Gasteiger partial charge on any atom is 0.471 e. The zero-order chi connectivity index (χ0) is 82.4. The van der Waals surface area contributed by atoms with E-state index >= 15 is 0 Å². The van der Waals surface area contributed by atoms with Gasteiger partial charge >= 0.3 is 7.82 Å². The first-order valence-corrected chi connectivity index (χ1v) is 40.0. The van der Waals surface area contributed by atoms with Crippen LogP contribution < -0.4 is 53.6 Å². The summed E-state index contributed by atoms with van der Waals surface area (Å²) in [7, 11) is -1.03. The highest BCUT2D eigenvalue weighted by Crippen LogP contribution is 2.42. The second-order valence-electron chi connectivity index (χ2n) is 26.6. The van der Waals surface area contributed by atoms with Crippen LogP contribution in [0.25, 0.3) is 0 Å². The molecular formula is C70H133N10O29P. The number of hydrogen-bond donors (Lipinski definition) is 20. The molecule has 0 spiro atoms. The smallest absolute Gasteiger partial charge is 0.394 e. The van der Waals surface area contributed by atoms with Crippen molar-refractivity contribution in [1.29, 1.82) is 0 Å². The molecule has 3 fully saturated rings. The van der Waals surface area contributed by atoms with Crippen LogP contribution in [0.4, 0.5) is 0 Å². The lowest BCUT2D eigenvalue weighted by molar-refractivity contribution is -0.270. The molecule has 3 saturated heterocycles. The fourth-order valence-electron chi connectivity index (χ4n) is 11.5. The van der Waals surface area contributed by atoms with Crippen LogP contribution in [0.2, 0.25) is 0 Å². The first-order valence-electron chi connectivity index (χ1n) is 38.5. The maximum absolute atomic E-state index is 14.3. The summed E-state index contributed by atoms with van der Waals surface area (Å²) in [5.74, 6) is -3.88. The molecule has 110 heavy (non-hydrogen) atoms. The number of ether oxygens (including phenoxy) is 7. The van der Waals surface area contributed by atoms with Gasteiger partial charge in [0.2, 0.25) is 53.2 Å². The molecule has 3 aliphatic rings. The van der Waals surface area contributed by atoms with Crippen LogP contribution in [0.3, 0.4) is 0 Å². The zero-order valence-corrected chi connectivity index (χ0v) is 66.1. The standard InChI is InChI=1S/C61H109N9O25.C7H18NO4P.C2H6/c1-36(74)66-48-54(84)51(81)41(33-71)93-59(48)90-30-15-9-22-45(78)62-25-13-7-19-39(57(87)65-27-12-5-6-21-44(77)64-28-18-29-89-4)70-58(88)40(69-47(80)24-11-17-32-92-61-50(68-38(3)76)56(86)53(83)43(35-73)95-61)20-8-14-26-63-46(79)23-10-16-31-91-60-49(67-37(2)75)55(85)52(82)42(34-72)94-60;1-11-13(9,10)12-7-5-3-2-4-6-8;1-2/h39-43,48-56,59-61,71-73,81-86H,5-35H2,1-4H3,(H,62,78)(H,63,79)(H,64,77)(H,65,87)(H,66,74)(H,67,75)(H,68,76)(H,69,80)(H,70,88);2-8H2,1H3,(H,9,10);1-2H3/t39?,40?,41?,42?,43?,48?,49?,50?,51-,52-,53-,54+,55+,56+,59+,60+,61+;;/m0../s1. The topological polar surface area (TPSA) is 590 Å². The Bertz CT molecular complexity index is 2620. The molecule has 3 heterocycles. The van der Waals surface area contributed by atoms with Gasteiger partial charge in [0.05, 0.1) is 26.4 Å². The van der Waals surface area contributed by atoms with Gasteiger partial charge in [0.15, 0.2) is 18.9 Å². The highest BCUT2D eigenvalue weighted by molar-refractivity contribution is 7.47. The van der Waals surface area contributed by atoms with Crippen LogP contribution in [-0.4, -0.2) is 308 Å². The second kappa shape index (κ2) is 61.2. The van der Waals surface area contributed by atoms with Crippen LogP contribution >= 0.6 is 7.82 Å². The number of phosphoric acid groups is 1. The van der Waals surface area contributed by atoms with Crippen LogP contribution in [0.15, 0.2) is 0 Å². The summed E-state index contributed by atoms with van der Waals surface area (Å²) in [5.41, 5.74) is 5.30. The molecule has 0 saturated carbocycles. The molecule has 39 nitrogen and oxygen atoms in total. The van der Waals surface area contributed by atoms with E-state index in [9.17, 15) is 93.7 Å². The second-order valence-corrected chi connectivity index (χ2v) is 28.2. The number of carbonyl (C=O) groups excluding carboxylic acids is 9. The fraction of sp³-hybridized carbons (Fsp3) is 0.871. The Hall–Kier alpha value is -5.34. The third-order valence-corrected chi connectivity index (χ3v) is 18.5. The Morgan fingerprint density at radius 3 is 1.12 bits per heavy atom. The number of aliphatic hydroxyl groups is 9. The molecular weight excluding hydrogens is 1480 g/mol. The third kappa shape index (κ3) is 43.8. The third-order valence-electron chi connectivity index (χ3n) is 17.6.